The molecule has 0 radical (unpaired) electrons. The molecule has 1 aromatic heterocycles. The Balaban J connectivity index is 2.83. The summed E-state index contributed by atoms with van der Waals surface area (Å²) in [5.74, 6) is 2.41. The number of aryl methyl sites for hydroxylation is 1. The summed E-state index contributed by atoms with van der Waals surface area (Å²) in [7, 11) is 1.69. The van der Waals surface area contributed by atoms with E-state index in [1.165, 1.54) is 0 Å². The number of methoxy groups -OCH3 is 1. The van der Waals surface area contributed by atoms with Crippen LogP contribution in [0, 0.1) is 6.92 Å². The van der Waals surface area contributed by atoms with Gasteiger partial charge in [-0.1, -0.05) is 0 Å². The molecule has 5 nitrogen and oxygen atoms in total. The smallest absolute Gasteiger partial charge is 0.132 e. The highest BCUT2D eigenvalue weighted by molar-refractivity contribution is 5.48. The number of anilines is 2. The summed E-state index contributed by atoms with van der Waals surface area (Å²) in [4.78, 5) is 8.67. The Hall–Kier alpha value is -1.36. The molecular weight excluding hydrogens is 216 g/mol. The van der Waals surface area contributed by atoms with Gasteiger partial charge in [0, 0.05) is 19.7 Å². The molecule has 96 valence electrons. The number of ether oxygens (including phenoxy) is 1. The lowest BCUT2D eigenvalue weighted by Crippen LogP contribution is -2.36. The van der Waals surface area contributed by atoms with Gasteiger partial charge in [0.2, 0.25) is 0 Å². The van der Waals surface area contributed by atoms with Gasteiger partial charge in [-0.25, -0.2) is 9.97 Å². The molecule has 0 atom stereocenters. The van der Waals surface area contributed by atoms with Crippen LogP contribution in [0.3, 0.4) is 0 Å². The zero-order chi connectivity index (χ0) is 12.9. The topological polar surface area (TPSA) is 59.1 Å². The molecule has 1 aromatic rings. The molecule has 0 amide bonds. The van der Waals surface area contributed by atoms with Crippen LogP contribution in [0.4, 0.5) is 11.6 Å². The molecule has 0 unspecified atom stereocenters. The van der Waals surface area contributed by atoms with E-state index in [2.05, 4.69) is 34.4 Å². The third kappa shape index (κ3) is 4.56. The molecular formula is C12H22N4O. The number of hydrogen-bond donors (Lipinski definition) is 2. The average molecular weight is 238 g/mol. The SMILES string of the molecule is CCNc1cc(NC(C)(C)COC)nc(C)n1. The number of nitrogens with zero attached hydrogens (tertiary/aromatic N) is 2. The summed E-state index contributed by atoms with van der Waals surface area (Å²) in [6.45, 7) is 9.53. The predicted molar refractivity (Wildman–Crippen MR) is 70.5 cm³/mol. The molecule has 0 saturated heterocycles. The molecule has 0 fully saturated rings. The van der Waals surface area contributed by atoms with E-state index >= 15 is 0 Å². The Morgan fingerprint density at radius 1 is 1.29 bits per heavy atom. The van der Waals surface area contributed by atoms with E-state index < -0.39 is 0 Å². The fourth-order valence-electron chi connectivity index (χ4n) is 1.65. The second kappa shape index (κ2) is 5.82. The van der Waals surface area contributed by atoms with E-state index in [4.69, 9.17) is 4.74 Å². The van der Waals surface area contributed by atoms with E-state index in [-0.39, 0.29) is 5.54 Å². The fraction of sp³-hybridized carbons (Fsp3) is 0.667. The van der Waals surface area contributed by atoms with Gasteiger partial charge < -0.3 is 15.4 Å². The largest absolute Gasteiger partial charge is 0.382 e. The van der Waals surface area contributed by atoms with E-state index in [1.807, 2.05) is 19.9 Å². The molecule has 0 aliphatic heterocycles. The zero-order valence-electron chi connectivity index (χ0n) is 11.3. The second-order valence-corrected chi connectivity index (χ2v) is 4.66. The highest BCUT2D eigenvalue weighted by atomic mass is 16.5. The standard InChI is InChI=1S/C12H22N4O/c1-6-13-10-7-11(15-9(2)14-10)16-12(3,4)8-17-5/h7H,6,8H2,1-5H3,(H2,13,14,15,16). The third-order valence-electron chi connectivity index (χ3n) is 2.17. The lowest BCUT2D eigenvalue weighted by molar-refractivity contribution is 0.158. The molecule has 1 rings (SSSR count). The van der Waals surface area contributed by atoms with Gasteiger partial charge in [0.15, 0.2) is 0 Å². The molecule has 2 N–H and O–H groups in total. The summed E-state index contributed by atoms with van der Waals surface area (Å²) in [6, 6.07) is 1.91. The van der Waals surface area contributed by atoms with Crippen molar-refractivity contribution in [2.24, 2.45) is 0 Å². The van der Waals surface area contributed by atoms with Crippen molar-refractivity contribution in [2.45, 2.75) is 33.2 Å². The van der Waals surface area contributed by atoms with Crippen molar-refractivity contribution in [2.75, 3.05) is 30.9 Å². The molecule has 0 saturated carbocycles. The van der Waals surface area contributed by atoms with E-state index in [0.717, 1.165) is 24.0 Å². The van der Waals surface area contributed by atoms with Gasteiger partial charge in [0.25, 0.3) is 0 Å². The first kappa shape index (κ1) is 13.7. The van der Waals surface area contributed by atoms with Gasteiger partial charge in [-0.15, -0.1) is 0 Å². The van der Waals surface area contributed by atoms with Crippen molar-refractivity contribution in [3.8, 4) is 0 Å². The van der Waals surface area contributed by atoms with E-state index in [0.29, 0.717) is 6.61 Å². The van der Waals surface area contributed by atoms with Gasteiger partial charge in [-0.2, -0.15) is 0 Å². The van der Waals surface area contributed by atoms with E-state index in [1.54, 1.807) is 7.11 Å². The minimum absolute atomic E-state index is 0.154. The van der Waals surface area contributed by atoms with Crippen molar-refractivity contribution in [1.29, 1.82) is 0 Å². The number of rotatable bonds is 6. The Bertz CT molecular complexity index is 366. The molecule has 0 bridgehead atoms. The van der Waals surface area contributed by atoms with Crippen LogP contribution in [-0.4, -0.2) is 35.8 Å². The molecule has 0 aliphatic rings. The zero-order valence-corrected chi connectivity index (χ0v) is 11.3. The summed E-state index contributed by atoms with van der Waals surface area (Å²) in [6.07, 6.45) is 0. The summed E-state index contributed by atoms with van der Waals surface area (Å²) in [5, 5.41) is 6.53. The Kier molecular flexibility index (Phi) is 4.69. The summed E-state index contributed by atoms with van der Waals surface area (Å²) >= 11 is 0. The predicted octanol–water partition coefficient (Wildman–Crippen LogP) is 2.05. The van der Waals surface area contributed by atoms with Crippen LogP contribution in [0.1, 0.15) is 26.6 Å². The molecule has 5 heteroatoms. The van der Waals surface area contributed by atoms with Crippen molar-refractivity contribution in [3.63, 3.8) is 0 Å². The monoisotopic (exact) mass is 238 g/mol. The van der Waals surface area contributed by atoms with Crippen LogP contribution in [-0.2, 0) is 4.74 Å². The maximum atomic E-state index is 5.17. The van der Waals surface area contributed by atoms with Crippen molar-refractivity contribution in [1.82, 2.24) is 9.97 Å². The van der Waals surface area contributed by atoms with Gasteiger partial charge in [-0.3, -0.25) is 0 Å². The second-order valence-electron chi connectivity index (χ2n) is 4.66. The minimum atomic E-state index is -0.154. The van der Waals surface area contributed by atoms with Gasteiger partial charge >= 0.3 is 0 Å². The fourth-order valence-corrected chi connectivity index (χ4v) is 1.65. The first-order valence-electron chi connectivity index (χ1n) is 5.83. The molecule has 0 aliphatic carbocycles. The van der Waals surface area contributed by atoms with E-state index in [9.17, 15) is 0 Å². The maximum absolute atomic E-state index is 5.17. The van der Waals surface area contributed by atoms with Crippen molar-refractivity contribution >= 4 is 11.6 Å². The van der Waals surface area contributed by atoms with Crippen LogP contribution < -0.4 is 10.6 Å². The van der Waals surface area contributed by atoms with Crippen LogP contribution in [0.2, 0.25) is 0 Å². The Morgan fingerprint density at radius 2 is 1.94 bits per heavy atom. The van der Waals surface area contributed by atoms with Crippen molar-refractivity contribution < 1.29 is 4.74 Å². The quantitative estimate of drug-likeness (QED) is 0.794. The third-order valence-corrected chi connectivity index (χ3v) is 2.17. The highest BCUT2D eigenvalue weighted by Crippen LogP contribution is 2.16. The van der Waals surface area contributed by atoms with Crippen LogP contribution >= 0.6 is 0 Å². The number of nitrogens with one attached hydrogen (secondary N) is 2. The van der Waals surface area contributed by atoms with Crippen LogP contribution in [0.25, 0.3) is 0 Å². The van der Waals surface area contributed by atoms with Gasteiger partial charge in [0.05, 0.1) is 12.1 Å². The lowest BCUT2D eigenvalue weighted by atomic mass is 10.1. The molecule has 0 spiro atoms. The summed E-state index contributed by atoms with van der Waals surface area (Å²) < 4.78 is 5.17. The summed E-state index contributed by atoms with van der Waals surface area (Å²) in [5.41, 5.74) is -0.154. The van der Waals surface area contributed by atoms with Crippen LogP contribution in [0.5, 0.6) is 0 Å². The first-order chi connectivity index (χ1) is 7.96. The molecule has 1 heterocycles. The van der Waals surface area contributed by atoms with Crippen LogP contribution in [0.15, 0.2) is 6.07 Å². The van der Waals surface area contributed by atoms with Crippen molar-refractivity contribution in [3.05, 3.63) is 11.9 Å². The number of hydrogen-bond acceptors (Lipinski definition) is 5. The molecule has 0 aromatic carbocycles. The Morgan fingerprint density at radius 3 is 2.53 bits per heavy atom. The maximum Gasteiger partial charge on any atom is 0.132 e. The minimum Gasteiger partial charge on any atom is -0.382 e. The normalized spacial score (nSPS) is 11.4. The Labute approximate surface area is 103 Å². The lowest BCUT2D eigenvalue weighted by Gasteiger charge is -2.26. The molecule has 17 heavy (non-hydrogen) atoms. The number of aromatic nitrogens is 2. The van der Waals surface area contributed by atoms with Gasteiger partial charge in [0.1, 0.15) is 17.5 Å². The van der Waals surface area contributed by atoms with Gasteiger partial charge in [-0.05, 0) is 27.7 Å². The first-order valence-corrected chi connectivity index (χ1v) is 5.83. The average Bonchev–Trinajstić information content (AvgIpc) is 2.15. The highest BCUT2D eigenvalue weighted by Gasteiger charge is 2.18.